The smallest absolute Gasteiger partial charge is 0.255 e. The summed E-state index contributed by atoms with van der Waals surface area (Å²) in [5.74, 6) is -0.0425. The Balaban J connectivity index is 1.48. The van der Waals surface area contributed by atoms with Gasteiger partial charge in [0.15, 0.2) is 0 Å². The third-order valence-corrected chi connectivity index (χ3v) is 6.24. The number of nitrogens with one attached hydrogen (secondary N) is 1. The average molecular weight is 385 g/mol. The van der Waals surface area contributed by atoms with E-state index in [1.54, 1.807) is 11.0 Å². The van der Waals surface area contributed by atoms with E-state index >= 15 is 0 Å². The number of hydrogen-bond donors (Lipinski definition) is 1. The average Bonchev–Trinajstić information content (AvgIpc) is 2.99. The summed E-state index contributed by atoms with van der Waals surface area (Å²) in [7, 11) is 0. The van der Waals surface area contributed by atoms with Crippen LogP contribution in [0.1, 0.15) is 55.5 Å². The van der Waals surface area contributed by atoms with Crippen molar-refractivity contribution >= 4 is 17.7 Å². The monoisotopic (exact) mass is 385 g/mol. The molecule has 1 N–H and O–H groups in total. The molecule has 3 aliphatic heterocycles. The van der Waals surface area contributed by atoms with Gasteiger partial charge in [-0.25, -0.2) is 0 Å². The number of likely N-dealkylation sites (N-methyl/N-ethyl adjacent to an activating group) is 1. The van der Waals surface area contributed by atoms with Crippen LogP contribution in [0.3, 0.4) is 0 Å². The number of benzene rings is 1. The van der Waals surface area contributed by atoms with Gasteiger partial charge in [-0.2, -0.15) is 0 Å². The van der Waals surface area contributed by atoms with E-state index in [4.69, 9.17) is 4.74 Å². The van der Waals surface area contributed by atoms with Crippen molar-refractivity contribution in [3.05, 3.63) is 29.3 Å². The van der Waals surface area contributed by atoms with E-state index in [2.05, 4.69) is 24.1 Å². The molecule has 3 atom stereocenters. The number of carbonyl (C=O) groups is 3. The summed E-state index contributed by atoms with van der Waals surface area (Å²) in [6, 6.07) is 5.34. The van der Waals surface area contributed by atoms with Crippen LogP contribution in [-0.2, 0) is 16.1 Å². The number of nitrogens with zero attached hydrogens (tertiary/aromatic N) is 2. The third-order valence-electron chi connectivity index (χ3n) is 6.24. The van der Waals surface area contributed by atoms with E-state index < -0.39 is 6.04 Å². The summed E-state index contributed by atoms with van der Waals surface area (Å²) in [5, 5.41) is 2.33. The molecule has 3 amide bonds. The lowest BCUT2D eigenvalue weighted by molar-refractivity contribution is -0.136. The normalized spacial score (nSPS) is 28.3. The van der Waals surface area contributed by atoms with Crippen LogP contribution in [0.4, 0.5) is 0 Å². The molecule has 7 heteroatoms. The van der Waals surface area contributed by atoms with Gasteiger partial charge in [-0.05, 0) is 63.0 Å². The van der Waals surface area contributed by atoms with Crippen molar-refractivity contribution in [1.82, 2.24) is 15.1 Å². The molecule has 28 heavy (non-hydrogen) atoms. The minimum atomic E-state index is -0.585. The molecule has 0 radical (unpaired) electrons. The van der Waals surface area contributed by atoms with Gasteiger partial charge in [-0.3, -0.25) is 24.6 Å². The molecule has 150 valence electrons. The summed E-state index contributed by atoms with van der Waals surface area (Å²) in [4.78, 5) is 40.3. The van der Waals surface area contributed by atoms with Crippen molar-refractivity contribution in [3.63, 3.8) is 0 Å². The molecule has 4 rings (SSSR count). The number of hydrogen-bond acceptors (Lipinski definition) is 5. The highest BCUT2D eigenvalue weighted by molar-refractivity contribution is 6.05. The second kappa shape index (κ2) is 7.54. The summed E-state index contributed by atoms with van der Waals surface area (Å²) >= 11 is 0. The molecule has 0 aromatic heterocycles. The molecule has 3 heterocycles. The van der Waals surface area contributed by atoms with E-state index in [-0.39, 0.29) is 30.2 Å². The second-order valence-corrected chi connectivity index (χ2v) is 7.89. The maximum atomic E-state index is 12.8. The molecular formula is C21H27N3O4. The van der Waals surface area contributed by atoms with Crippen molar-refractivity contribution in [2.45, 2.75) is 64.3 Å². The maximum Gasteiger partial charge on any atom is 0.255 e. The Bertz CT molecular complexity index is 809. The van der Waals surface area contributed by atoms with Crippen LogP contribution in [0, 0.1) is 0 Å². The van der Waals surface area contributed by atoms with E-state index in [9.17, 15) is 14.4 Å². The number of fused-ring (bicyclic) bond motifs is 1. The topological polar surface area (TPSA) is 79.0 Å². The molecular weight excluding hydrogens is 358 g/mol. The minimum Gasteiger partial charge on any atom is -0.489 e. The van der Waals surface area contributed by atoms with E-state index in [1.165, 1.54) is 0 Å². The number of piperidine rings is 2. The molecule has 0 bridgehead atoms. The van der Waals surface area contributed by atoms with Crippen molar-refractivity contribution in [2.75, 3.05) is 13.1 Å². The molecule has 1 aromatic carbocycles. The second-order valence-electron chi connectivity index (χ2n) is 7.89. The predicted octanol–water partition coefficient (Wildman–Crippen LogP) is 1.70. The first-order valence-corrected chi connectivity index (χ1v) is 10.2. The summed E-state index contributed by atoms with van der Waals surface area (Å²) < 4.78 is 6.28. The van der Waals surface area contributed by atoms with Crippen LogP contribution in [0.5, 0.6) is 5.75 Å². The Labute approximate surface area is 165 Å². The molecule has 2 saturated heterocycles. The first-order chi connectivity index (χ1) is 13.5. The first-order valence-electron chi connectivity index (χ1n) is 10.2. The van der Waals surface area contributed by atoms with Gasteiger partial charge in [0.2, 0.25) is 11.8 Å². The number of amides is 3. The van der Waals surface area contributed by atoms with Gasteiger partial charge in [0, 0.05) is 24.6 Å². The number of rotatable bonds is 4. The first kappa shape index (κ1) is 18.9. The summed E-state index contributed by atoms with van der Waals surface area (Å²) in [6.07, 6.45) is 2.92. The summed E-state index contributed by atoms with van der Waals surface area (Å²) in [5.41, 5.74) is 1.49. The summed E-state index contributed by atoms with van der Waals surface area (Å²) in [6.45, 7) is 6.87. The molecule has 1 aromatic rings. The van der Waals surface area contributed by atoms with E-state index in [1.807, 2.05) is 12.1 Å². The van der Waals surface area contributed by atoms with Crippen LogP contribution in [-0.4, -0.2) is 58.8 Å². The number of imide groups is 1. The number of carbonyl (C=O) groups excluding carboxylic acids is 3. The lowest BCUT2D eigenvalue weighted by Gasteiger charge is -2.38. The third kappa shape index (κ3) is 3.39. The van der Waals surface area contributed by atoms with Crippen LogP contribution in [0.2, 0.25) is 0 Å². The van der Waals surface area contributed by atoms with Crippen LogP contribution >= 0.6 is 0 Å². The quantitative estimate of drug-likeness (QED) is 0.798. The fourth-order valence-electron chi connectivity index (χ4n) is 4.58. The van der Waals surface area contributed by atoms with Crippen molar-refractivity contribution < 1.29 is 19.1 Å². The van der Waals surface area contributed by atoms with Crippen molar-refractivity contribution in [1.29, 1.82) is 0 Å². The SMILES string of the molecule is CCN1CCC[C@@H](Oc2ccc3c(c2)CN(C2CCC(=O)NC2=O)C3=O)[C@H]1C. The molecule has 0 aliphatic carbocycles. The Morgan fingerprint density at radius 1 is 1.21 bits per heavy atom. The molecule has 7 nitrogen and oxygen atoms in total. The highest BCUT2D eigenvalue weighted by Gasteiger charge is 2.39. The fraction of sp³-hybridized carbons (Fsp3) is 0.571. The largest absolute Gasteiger partial charge is 0.489 e. The lowest BCUT2D eigenvalue weighted by atomic mass is 10.00. The van der Waals surface area contributed by atoms with Crippen LogP contribution in [0.25, 0.3) is 0 Å². The Kier molecular flexibility index (Phi) is 5.10. The standard InChI is InChI=1S/C21H27N3O4/c1-3-23-10-4-5-18(13(23)2)28-15-6-7-16-14(11-15)12-24(21(16)27)17-8-9-19(25)22-20(17)26/h6-7,11,13,17-18H,3-5,8-10,12H2,1-2H3,(H,22,25,26)/t13-,17?,18-/m1/s1. The van der Waals surface area contributed by atoms with Gasteiger partial charge < -0.3 is 9.64 Å². The highest BCUT2D eigenvalue weighted by atomic mass is 16.5. The zero-order valence-electron chi connectivity index (χ0n) is 16.4. The van der Waals surface area contributed by atoms with Gasteiger partial charge in [-0.1, -0.05) is 6.92 Å². The molecule has 0 saturated carbocycles. The molecule has 2 fully saturated rings. The van der Waals surface area contributed by atoms with E-state index in [0.717, 1.165) is 37.2 Å². The zero-order valence-corrected chi connectivity index (χ0v) is 16.4. The number of ether oxygens (including phenoxy) is 1. The van der Waals surface area contributed by atoms with Crippen LogP contribution < -0.4 is 10.1 Å². The van der Waals surface area contributed by atoms with Gasteiger partial charge in [0.1, 0.15) is 17.9 Å². The molecule has 3 aliphatic rings. The zero-order chi connectivity index (χ0) is 19.8. The fourth-order valence-corrected chi connectivity index (χ4v) is 4.58. The maximum absolute atomic E-state index is 12.8. The Morgan fingerprint density at radius 2 is 2.04 bits per heavy atom. The van der Waals surface area contributed by atoms with Crippen molar-refractivity contribution in [2.24, 2.45) is 0 Å². The molecule has 0 spiro atoms. The van der Waals surface area contributed by atoms with Crippen LogP contribution in [0.15, 0.2) is 18.2 Å². The lowest BCUT2D eigenvalue weighted by Crippen LogP contribution is -2.52. The number of likely N-dealkylation sites (tertiary alicyclic amines) is 1. The van der Waals surface area contributed by atoms with Gasteiger partial charge in [-0.15, -0.1) is 0 Å². The highest BCUT2D eigenvalue weighted by Crippen LogP contribution is 2.31. The Hall–Kier alpha value is -2.41. The van der Waals surface area contributed by atoms with Gasteiger partial charge in [0.25, 0.3) is 5.91 Å². The van der Waals surface area contributed by atoms with Crippen molar-refractivity contribution in [3.8, 4) is 5.75 Å². The minimum absolute atomic E-state index is 0.134. The van der Waals surface area contributed by atoms with Gasteiger partial charge in [0.05, 0.1) is 0 Å². The van der Waals surface area contributed by atoms with Gasteiger partial charge >= 0.3 is 0 Å². The van der Waals surface area contributed by atoms with E-state index in [0.29, 0.717) is 24.6 Å². The molecule has 1 unspecified atom stereocenters. The Morgan fingerprint density at radius 3 is 2.79 bits per heavy atom. The predicted molar refractivity (Wildman–Crippen MR) is 103 cm³/mol.